The zero-order chi connectivity index (χ0) is 13.9. The molecule has 0 saturated carbocycles. The lowest BCUT2D eigenvalue weighted by Gasteiger charge is -2.32. The summed E-state index contributed by atoms with van der Waals surface area (Å²) in [7, 11) is 4.19. The van der Waals surface area contributed by atoms with Crippen molar-refractivity contribution >= 4 is 0 Å². The van der Waals surface area contributed by atoms with Gasteiger partial charge in [-0.1, -0.05) is 12.1 Å². The predicted molar refractivity (Wildman–Crippen MR) is 77.1 cm³/mol. The van der Waals surface area contributed by atoms with E-state index in [2.05, 4.69) is 38.2 Å². The number of aromatic hydroxyl groups is 1. The van der Waals surface area contributed by atoms with Gasteiger partial charge >= 0.3 is 0 Å². The molecule has 0 aliphatic carbocycles. The minimum Gasteiger partial charge on any atom is -0.507 e. The van der Waals surface area contributed by atoms with Crippen molar-refractivity contribution in [3.8, 4) is 5.75 Å². The molecule has 1 aromatic rings. The van der Waals surface area contributed by atoms with E-state index in [1.165, 1.54) is 5.56 Å². The van der Waals surface area contributed by atoms with Crippen molar-refractivity contribution in [2.75, 3.05) is 20.6 Å². The van der Waals surface area contributed by atoms with E-state index in [9.17, 15) is 5.11 Å². The van der Waals surface area contributed by atoms with Crippen LogP contribution in [0.5, 0.6) is 5.75 Å². The van der Waals surface area contributed by atoms with Crippen molar-refractivity contribution in [3.63, 3.8) is 0 Å². The van der Waals surface area contributed by atoms with Crippen molar-refractivity contribution < 1.29 is 5.11 Å². The van der Waals surface area contributed by atoms with Crippen molar-refractivity contribution in [1.82, 2.24) is 10.2 Å². The lowest BCUT2D eigenvalue weighted by atomic mass is 10.0. The van der Waals surface area contributed by atoms with Crippen LogP contribution in [0, 0.1) is 13.8 Å². The van der Waals surface area contributed by atoms with Crippen LogP contribution in [0.2, 0.25) is 0 Å². The highest BCUT2D eigenvalue weighted by atomic mass is 16.3. The Morgan fingerprint density at radius 1 is 1.17 bits per heavy atom. The van der Waals surface area contributed by atoms with Gasteiger partial charge in [0, 0.05) is 18.6 Å². The van der Waals surface area contributed by atoms with Gasteiger partial charge in [-0.2, -0.15) is 0 Å². The smallest absolute Gasteiger partial charge is 0.121 e. The molecule has 2 N–H and O–H groups in total. The lowest BCUT2D eigenvalue weighted by molar-refractivity contribution is 0.190. The second kappa shape index (κ2) is 5.72. The molecule has 102 valence electrons. The van der Waals surface area contributed by atoms with Gasteiger partial charge in [0.05, 0.1) is 0 Å². The van der Waals surface area contributed by atoms with E-state index >= 15 is 0 Å². The quantitative estimate of drug-likeness (QED) is 0.842. The second-order valence-corrected chi connectivity index (χ2v) is 5.89. The summed E-state index contributed by atoms with van der Waals surface area (Å²) in [5, 5.41) is 13.2. The monoisotopic (exact) mass is 250 g/mol. The molecule has 1 aromatic carbocycles. The molecule has 0 spiro atoms. The molecular formula is C15H26N2O. The first-order valence-corrected chi connectivity index (χ1v) is 6.41. The first kappa shape index (κ1) is 15.0. The van der Waals surface area contributed by atoms with Gasteiger partial charge in [0.1, 0.15) is 5.75 Å². The Morgan fingerprint density at radius 3 is 2.11 bits per heavy atom. The van der Waals surface area contributed by atoms with Gasteiger partial charge in [-0.15, -0.1) is 0 Å². The molecule has 0 aromatic heterocycles. The molecule has 0 bridgehead atoms. The van der Waals surface area contributed by atoms with Crippen molar-refractivity contribution in [3.05, 3.63) is 28.8 Å². The number of hydrogen-bond acceptors (Lipinski definition) is 3. The highest BCUT2D eigenvalue weighted by Gasteiger charge is 2.19. The molecule has 3 heteroatoms. The molecule has 3 nitrogen and oxygen atoms in total. The zero-order valence-electron chi connectivity index (χ0n) is 12.5. The van der Waals surface area contributed by atoms with Gasteiger partial charge in [-0.05, 0) is 58.5 Å². The maximum Gasteiger partial charge on any atom is 0.121 e. The number of nitrogens with one attached hydrogen (secondary N) is 1. The molecule has 0 aliphatic heterocycles. The maximum atomic E-state index is 9.73. The number of phenolic OH excluding ortho intramolecular Hbond substituents is 1. The summed E-state index contributed by atoms with van der Waals surface area (Å²) in [6, 6.07) is 4.08. The van der Waals surface area contributed by atoms with E-state index < -0.39 is 0 Å². The molecule has 0 radical (unpaired) electrons. The van der Waals surface area contributed by atoms with Crippen LogP contribution in [-0.2, 0) is 6.54 Å². The first-order chi connectivity index (χ1) is 8.24. The number of benzene rings is 1. The first-order valence-electron chi connectivity index (χ1n) is 6.41. The summed E-state index contributed by atoms with van der Waals surface area (Å²) in [5.41, 5.74) is 3.25. The van der Waals surface area contributed by atoms with Crippen LogP contribution >= 0.6 is 0 Å². The Bertz CT molecular complexity index is 388. The van der Waals surface area contributed by atoms with E-state index in [4.69, 9.17) is 0 Å². The summed E-state index contributed by atoms with van der Waals surface area (Å²) in [4.78, 5) is 2.22. The van der Waals surface area contributed by atoms with E-state index in [1.54, 1.807) is 0 Å². The van der Waals surface area contributed by atoms with Gasteiger partial charge < -0.3 is 15.3 Å². The Labute approximate surface area is 111 Å². The Hall–Kier alpha value is -1.06. The minimum absolute atomic E-state index is 0.140. The molecule has 0 unspecified atom stereocenters. The van der Waals surface area contributed by atoms with E-state index in [0.717, 1.165) is 24.2 Å². The third kappa shape index (κ3) is 3.72. The number of rotatable bonds is 5. The van der Waals surface area contributed by atoms with E-state index in [1.807, 2.05) is 26.0 Å². The fourth-order valence-corrected chi connectivity index (χ4v) is 1.82. The standard InChI is InChI=1S/C15H26N2O/c1-11-7-13(8-12(2)14(11)18)9-16-10-15(3,4)17(5)6/h7-8,16,18H,9-10H2,1-6H3. The Balaban J connectivity index is 2.60. The topological polar surface area (TPSA) is 35.5 Å². The van der Waals surface area contributed by atoms with Gasteiger partial charge in [0.25, 0.3) is 0 Å². The minimum atomic E-state index is 0.140. The fourth-order valence-electron chi connectivity index (χ4n) is 1.82. The highest BCUT2D eigenvalue weighted by Crippen LogP contribution is 2.22. The summed E-state index contributed by atoms with van der Waals surface area (Å²) in [5.74, 6) is 0.410. The van der Waals surface area contributed by atoms with Gasteiger partial charge in [-0.3, -0.25) is 0 Å². The fraction of sp³-hybridized carbons (Fsp3) is 0.600. The van der Waals surface area contributed by atoms with Crippen molar-refractivity contribution in [1.29, 1.82) is 0 Å². The maximum absolute atomic E-state index is 9.73. The van der Waals surface area contributed by atoms with Crippen LogP contribution in [-0.4, -0.2) is 36.2 Å². The Kier molecular flexibility index (Phi) is 4.77. The molecule has 0 fully saturated rings. The van der Waals surface area contributed by atoms with Crippen LogP contribution in [0.3, 0.4) is 0 Å². The predicted octanol–water partition coefficient (Wildman–Crippen LogP) is 2.44. The SMILES string of the molecule is Cc1cc(CNCC(C)(C)N(C)C)cc(C)c1O. The number of hydrogen-bond donors (Lipinski definition) is 2. The third-order valence-electron chi connectivity index (χ3n) is 3.65. The van der Waals surface area contributed by atoms with Crippen LogP contribution in [0.15, 0.2) is 12.1 Å². The summed E-state index contributed by atoms with van der Waals surface area (Å²) >= 11 is 0. The molecular weight excluding hydrogens is 224 g/mol. The zero-order valence-corrected chi connectivity index (χ0v) is 12.5. The molecule has 0 aliphatic rings. The average Bonchev–Trinajstić information content (AvgIpc) is 2.25. The van der Waals surface area contributed by atoms with E-state index in [0.29, 0.717) is 5.75 Å². The second-order valence-electron chi connectivity index (χ2n) is 5.89. The Morgan fingerprint density at radius 2 is 1.67 bits per heavy atom. The van der Waals surface area contributed by atoms with E-state index in [-0.39, 0.29) is 5.54 Å². The molecule has 0 amide bonds. The molecule has 18 heavy (non-hydrogen) atoms. The van der Waals surface area contributed by atoms with Crippen molar-refractivity contribution in [2.45, 2.75) is 39.8 Å². The van der Waals surface area contributed by atoms with Gasteiger partial charge in [-0.25, -0.2) is 0 Å². The molecule has 0 atom stereocenters. The summed E-state index contributed by atoms with van der Waals surface area (Å²) in [6.45, 7) is 10.1. The normalized spacial score (nSPS) is 12.2. The van der Waals surface area contributed by atoms with Crippen LogP contribution < -0.4 is 5.32 Å². The van der Waals surface area contributed by atoms with Crippen LogP contribution in [0.25, 0.3) is 0 Å². The summed E-state index contributed by atoms with van der Waals surface area (Å²) < 4.78 is 0. The summed E-state index contributed by atoms with van der Waals surface area (Å²) in [6.07, 6.45) is 0. The van der Waals surface area contributed by atoms with Gasteiger partial charge in [0.15, 0.2) is 0 Å². The number of phenols is 1. The molecule has 0 heterocycles. The molecule has 1 rings (SSSR count). The van der Waals surface area contributed by atoms with Crippen LogP contribution in [0.1, 0.15) is 30.5 Å². The number of likely N-dealkylation sites (N-methyl/N-ethyl adjacent to an activating group) is 1. The lowest BCUT2D eigenvalue weighted by Crippen LogP contribution is -2.46. The number of aryl methyl sites for hydroxylation is 2. The van der Waals surface area contributed by atoms with Crippen molar-refractivity contribution in [2.24, 2.45) is 0 Å². The highest BCUT2D eigenvalue weighted by molar-refractivity contribution is 5.42. The number of nitrogens with zero attached hydrogens (tertiary/aromatic N) is 1. The third-order valence-corrected chi connectivity index (χ3v) is 3.65. The molecule has 0 saturated heterocycles. The average molecular weight is 250 g/mol. The van der Waals surface area contributed by atoms with Gasteiger partial charge in [0.2, 0.25) is 0 Å². The largest absolute Gasteiger partial charge is 0.507 e. The van der Waals surface area contributed by atoms with Crippen LogP contribution in [0.4, 0.5) is 0 Å².